The first-order valence-electron chi connectivity index (χ1n) is 12.8. The van der Waals surface area contributed by atoms with Crippen molar-refractivity contribution in [2.24, 2.45) is 23.7 Å². The molecule has 2 nitrogen and oxygen atoms in total. The number of allylic oxidation sites excluding steroid dienone is 1. The third-order valence-electron chi connectivity index (χ3n) is 7.44. The van der Waals surface area contributed by atoms with Crippen molar-refractivity contribution in [1.82, 2.24) is 0 Å². The average Bonchev–Trinajstić information content (AvgIpc) is 3.17. The van der Waals surface area contributed by atoms with E-state index in [1.165, 1.54) is 30.6 Å². The van der Waals surface area contributed by atoms with Gasteiger partial charge in [-0.15, -0.1) is 11.3 Å². The van der Waals surface area contributed by atoms with Crippen LogP contribution < -0.4 is 4.74 Å². The molecule has 0 spiro atoms. The van der Waals surface area contributed by atoms with E-state index in [2.05, 4.69) is 20.8 Å². The first-order chi connectivity index (χ1) is 15.9. The summed E-state index contributed by atoms with van der Waals surface area (Å²) in [6, 6.07) is 3.64. The molecule has 2 aliphatic rings. The van der Waals surface area contributed by atoms with Gasteiger partial charge >= 0.3 is 0 Å². The Morgan fingerprint density at radius 3 is 2.48 bits per heavy atom. The highest BCUT2D eigenvalue weighted by atomic mass is 32.1. The molecule has 1 aromatic heterocycles. The van der Waals surface area contributed by atoms with Crippen molar-refractivity contribution >= 4 is 27.2 Å². The topological polar surface area (TPSA) is 18.5 Å². The molecule has 2 aromatic rings. The summed E-state index contributed by atoms with van der Waals surface area (Å²) in [5.74, 6) is 1.94. The van der Waals surface area contributed by atoms with E-state index < -0.39 is 0 Å². The Kier molecular flexibility index (Phi) is 7.99. The van der Waals surface area contributed by atoms with Crippen LogP contribution in [0, 0.1) is 29.5 Å². The molecule has 1 saturated carbocycles. The number of benzene rings is 1. The second-order valence-corrected chi connectivity index (χ2v) is 11.5. The van der Waals surface area contributed by atoms with Crippen LogP contribution in [0.25, 0.3) is 15.9 Å². The summed E-state index contributed by atoms with van der Waals surface area (Å²) in [4.78, 5) is 0.524. The highest BCUT2D eigenvalue weighted by Crippen LogP contribution is 2.46. The molecule has 1 unspecified atom stereocenters. The summed E-state index contributed by atoms with van der Waals surface area (Å²) in [6.07, 6.45) is 8.69. The van der Waals surface area contributed by atoms with Gasteiger partial charge in [-0.1, -0.05) is 47.0 Å². The quantitative estimate of drug-likeness (QED) is 0.336. The van der Waals surface area contributed by atoms with Crippen LogP contribution in [0.1, 0.15) is 83.1 Å². The normalized spacial score (nSPS) is 23.3. The lowest BCUT2D eigenvalue weighted by molar-refractivity contribution is 0.169. The van der Waals surface area contributed by atoms with Gasteiger partial charge in [0.2, 0.25) is 0 Å². The highest BCUT2D eigenvalue weighted by Gasteiger charge is 2.31. The molecular weight excluding hydrogens is 438 g/mol. The van der Waals surface area contributed by atoms with E-state index in [-0.39, 0.29) is 17.6 Å². The van der Waals surface area contributed by atoms with Crippen LogP contribution in [0.2, 0.25) is 0 Å². The Morgan fingerprint density at radius 1 is 1.06 bits per heavy atom. The monoisotopic (exact) mass is 476 g/mol. The van der Waals surface area contributed by atoms with Crippen LogP contribution in [0.4, 0.5) is 8.78 Å². The maximum Gasteiger partial charge on any atom is 0.182 e. The molecule has 182 valence electrons. The Hall–Kier alpha value is -1.62. The first-order valence-corrected chi connectivity index (χ1v) is 13.6. The molecule has 4 rings (SSSR count). The number of thiophene rings is 1. The molecule has 2 aliphatic carbocycles. The molecule has 33 heavy (non-hydrogen) atoms. The molecule has 0 aliphatic heterocycles. The zero-order chi connectivity index (χ0) is 23.5. The molecule has 0 radical (unpaired) electrons. The first kappa shape index (κ1) is 24.5. The van der Waals surface area contributed by atoms with Crippen molar-refractivity contribution in [1.29, 1.82) is 0 Å². The molecule has 1 atom stereocenters. The number of halogens is 2. The number of fused-ring (bicyclic) bond motifs is 3. The van der Waals surface area contributed by atoms with Gasteiger partial charge in [-0.3, -0.25) is 0 Å². The lowest BCUT2D eigenvalue weighted by Gasteiger charge is -2.27. The van der Waals surface area contributed by atoms with E-state index in [0.29, 0.717) is 52.6 Å². The van der Waals surface area contributed by atoms with Gasteiger partial charge in [-0.05, 0) is 72.9 Å². The van der Waals surface area contributed by atoms with Gasteiger partial charge in [0.05, 0.1) is 22.8 Å². The fourth-order valence-electron chi connectivity index (χ4n) is 5.27. The Morgan fingerprint density at radius 2 is 1.79 bits per heavy atom. The molecule has 0 N–H and O–H groups in total. The summed E-state index contributed by atoms with van der Waals surface area (Å²) in [5.41, 5.74) is 0.901. The second kappa shape index (κ2) is 10.8. The summed E-state index contributed by atoms with van der Waals surface area (Å²) < 4.78 is 43.1. The number of hydrogen-bond acceptors (Lipinski definition) is 3. The summed E-state index contributed by atoms with van der Waals surface area (Å²) in [5, 5.41) is 0.809. The third-order valence-corrected chi connectivity index (χ3v) is 8.67. The van der Waals surface area contributed by atoms with Crippen molar-refractivity contribution in [2.45, 2.75) is 79.1 Å². The highest BCUT2D eigenvalue weighted by molar-refractivity contribution is 7.20. The van der Waals surface area contributed by atoms with Crippen molar-refractivity contribution < 1.29 is 18.3 Å². The van der Waals surface area contributed by atoms with Gasteiger partial charge in [0.25, 0.3) is 0 Å². The fourth-order valence-corrected chi connectivity index (χ4v) is 6.48. The zero-order valence-electron chi connectivity index (χ0n) is 20.5. The van der Waals surface area contributed by atoms with Gasteiger partial charge in [0, 0.05) is 5.92 Å². The van der Waals surface area contributed by atoms with E-state index in [1.807, 2.05) is 13.0 Å². The van der Waals surface area contributed by atoms with Crippen LogP contribution in [0.3, 0.4) is 0 Å². The predicted molar refractivity (Wildman–Crippen MR) is 134 cm³/mol. The minimum Gasteiger partial charge on any atom is -0.495 e. The minimum absolute atomic E-state index is 0.0495. The maximum atomic E-state index is 15.4. The number of rotatable bonds is 9. The average molecular weight is 477 g/mol. The van der Waals surface area contributed by atoms with Gasteiger partial charge in [-0.25, -0.2) is 8.78 Å². The van der Waals surface area contributed by atoms with Gasteiger partial charge in [0.15, 0.2) is 17.4 Å². The summed E-state index contributed by atoms with van der Waals surface area (Å²) >= 11 is 1.20. The molecule has 1 aromatic carbocycles. The fraction of sp³-hybridized carbons (Fsp3) is 0.643. The van der Waals surface area contributed by atoms with Crippen LogP contribution in [0.5, 0.6) is 5.75 Å². The van der Waals surface area contributed by atoms with Crippen LogP contribution in [0.15, 0.2) is 17.9 Å². The molecule has 0 saturated heterocycles. The lowest BCUT2D eigenvalue weighted by atomic mass is 9.81. The van der Waals surface area contributed by atoms with Crippen LogP contribution in [-0.4, -0.2) is 13.2 Å². The van der Waals surface area contributed by atoms with Gasteiger partial charge in [-0.2, -0.15) is 0 Å². The smallest absolute Gasteiger partial charge is 0.182 e. The summed E-state index contributed by atoms with van der Waals surface area (Å²) in [6.45, 7) is 9.69. The number of ether oxygens (including phenoxy) is 2. The number of hydrogen-bond donors (Lipinski definition) is 0. The van der Waals surface area contributed by atoms with Gasteiger partial charge < -0.3 is 9.47 Å². The zero-order valence-corrected chi connectivity index (χ0v) is 21.3. The summed E-state index contributed by atoms with van der Waals surface area (Å²) in [7, 11) is 0. The van der Waals surface area contributed by atoms with E-state index in [0.717, 1.165) is 42.6 Å². The van der Waals surface area contributed by atoms with E-state index in [9.17, 15) is 0 Å². The molecule has 0 bridgehead atoms. The Labute approximate surface area is 201 Å². The van der Waals surface area contributed by atoms with E-state index in [1.54, 1.807) is 6.07 Å². The molecular formula is C28H38F2O2S. The molecule has 1 fully saturated rings. The van der Waals surface area contributed by atoms with Gasteiger partial charge in [0.1, 0.15) is 5.76 Å². The SMILES string of the molecule is CCC1CCC(COc2ccc3c4c(sc3c2F)C(F)=C(OCCCC(C)C)C(C)C4)CC1. The van der Waals surface area contributed by atoms with Crippen LogP contribution >= 0.6 is 11.3 Å². The lowest BCUT2D eigenvalue weighted by Crippen LogP contribution is -2.20. The van der Waals surface area contributed by atoms with Crippen molar-refractivity contribution in [2.75, 3.05) is 13.2 Å². The van der Waals surface area contributed by atoms with E-state index >= 15 is 8.78 Å². The minimum atomic E-state index is -0.353. The van der Waals surface area contributed by atoms with E-state index in [4.69, 9.17) is 9.47 Å². The Balaban J connectivity index is 1.49. The Bertz CT molecular complexity index is 985. The molecule has 1 heterocycles. The second-order valence-electron chi connectivity index (χ2n) is 10.4. The molecule has 5 heteroatoms. The third kappa shape index (κ3) is 5.39. The van der Waals surface area contributed by atoms with Crippen LogP contribution in [-0.2, 0) is 11.2 Å². The van der Waals surface area contributed by atoms with Crippen molar-refractivity contribution in [3.8, 4) is 5.75 Å². The van der Waals surface area contributed by atoms with Crippen molar-refractivity contribution in [3.63, 3.8) is 0 Å². The standard InChI is InChI=1S/C28H38F2O2S/c1-5-19-8-10-20(11-9-19)16-32-23-13-12-21-22-15-18(4)26(31-14-6-7-17(2)3)25(30)28(22)33-27(21)24(23)29/h12-13,17-20H,5-11,14-16H2,1-4H3. The maximum absolute atomic E-state index is 15.4. The van der Waals surface area contributed by atoms with Crippen molar-refractivity contribution in [3.05, 3.63) is 34.1 Å². The molecule has 0 amide bonds. The predicted octanol–water partition coefficient (Wildman–Crippen LogP) is 8.92. The largest absolute Gasteiger partial charge is 0.495 e.